The quantitative estimate of drug-likeness (QED) is 0.102. The predicted molar refractivity (Wildman–Crippen MR) is 108 cm³/mol. The Bertz CT molecular complexity index is 597. The lowest BCUT2D eigenvalue weighted by Gasteiger charge is -2.05. The van der Waals surface area contributed by atoms with Gasteiger partial charge in [-0.05, 0) is 29.9 Å². The summed E-state index contributed by atoms with van der Waals surface area (Å²) in [6.45, 7) is 7.08. The van der Waals surface area contributed by atoms with Gasteiger partial charge in [0.05, 0.1) is 7.11 Å². The number of hydrogen-bond donors (Lipinski definition) is 1. The van der Waals surface area contributed by atoms with E-state index in [2.05, 4.69) is 40.0 Å². The first-order valence-electron chi connectivity index (χ1n) is 7.64. The Hall–Kier alpha value is -1.19. The number of ether oxygens (including phenoxy) is 1. The minimum atomic E-state index is -3.99. The van der Waals surface area contributed by atoms with E-state index in [1.165, 1.54) is 19.3 Å². The molecule has 0 spiro atoms. The van der Waals surface area contributed by atoms with Gasteiger partial charge in [0.1, 0.15) is 5.75 Å². The lowest BCUT2D eigenvalue weighted by Crippen LogP contribution is -2.16. The number of oxime groups is 1. The summed E-state index contributed by atoms with van der Waals surface area (Å²) >= 11 is 5.24. The van der Waals surface area contributed by atoms with Gasteiger partial charge in [0.15, 0.2) is 0 Å². The zero-order valence-electron chi connectivity index (χ0n) is 14.3. The number of rotatable bonds is 12. The van der Waals surface area contributed by atoms with Crippen molar-refractivity contribution in [3.05, 3.63) is 37.0 Å². The van der Waals surface area contributed by atoms with E-state index in [9.17, 15) is 13.2 Å². The van der Waals surface area contributed by atoms with E-state index >= 15 is 0 Å². The van der Waals surface area contributed by atoms with Crippen LogP contribution in [0.15, 0.2) is 42.1 Å². The smallest absolute Gasteiger partial charge is 0.366 e. The summed E-state index contributed by atoms with van der Waals surface area (Å²) in [5.41, 5.74) is 0.312. The van der Waals surface area contributed by atoms with E-state index < -0.39 is 21.8 Å². The Morgan fingerprint density at radius 2 is 1.96 bits per heavy atom. The van der Waals surface area contributed by atoms with Gasteiger partial charge in [-0.25, -0.2) is 4.79 Å². The number of esters is 1. The average molecular weight is 408 g/mol. The van der Waals surface area contributed by atoms with Crippen molar-refractivity contribution in [2.45, 2.75) is 25.7 Å². The molecule has 0 N–H and O–H groups in total. The highest BCUT2D eigenvalue weighted by Crippen LogP contribution is 2.13. The molecule has 142 valence electrons. The maximum absolute atomic E-state index is 11.8. The second kappa shape index (κ2) is 14.0. The molecule has 0 heterocycles. The van der Waals surface area contributed by atoms with Crippen LogP contribution in [-0.4, -0.2) is 43.8 Å². The Labute approximate surface area is 159 Å². The van der Waals surface area contributed by atoms with Crippen LogP contribution in [-0.2, 0) is 23.9 Å². The molecule has 0 aromatic rings. The molecule has 0 amide bonds. The summed E-state index contributed by atoms with van der Waals surface area (Å²) in [5.74, 6) is 0.282. The fourth-order valence-electron chi connectivity index (χ4n) is 1.54. The number of thiol groups is 1. The molecule has 0 aliphatic carbocycles. The van der Waals surface area contributed by atoms with Crippen LogP contribution in [0, 0.1) is 0 Å². The lowest BCUT2D eigenvalue weighted by molar-refractivity contribution is -0.132. The zero-order valence-corrected chi connectivity index (χ0v) is 16.9. The van der Waals surface area contributed by atoms with Crippen LogP contribution in [0.25, 0.3) is 0 Å². The first kappa shape index (κ1) is 23.8. The molecule has 25 heavy (non-hydrogen) atoms. The summed E-state index contributed by atoms with van der Waals surface area (Å²) in [6.07, 6.45) is 8.51. The Morgan fingerprint density at radius 3 is 2.56 bits per heavy atom. The molecule has 0 saturated carbocycles. The van der Waals surface area contributed by atoms with E-state index in [0.717, 1.165) is 43.2 Å². The van der Waals surface area contributed by atoms with Crippen molar-refractivity contribution in [2.75, 3.05) is 24.4 Å². The highest BCUT2D eigenvalue weighted by Gasteiger charge is 2.18. The average Bonchev–Trinajstić information content (AvgIpc) is 2.57. The van der Waals surface area contributed by atoms with Gasteiger partial charge >= 0.3 is 16.1 Å². The predicted octanol–water partition coefficient (Wildman–Crippen LogP) is 3.34. The van der Waals surface area contributed by atoms with Crippen molar-refractivity contribution in [3.8, 4) is 0 Å². The van der Waals surface area contributed by atoms with Crippen LogP contribution in [0.4, 0.5) is 0 Å². The van der Waals surface area contributed by atoms with Crippen molar-refractivity contribution < 1.29 is 22.2 Å². The van der Waals surface area contributed by atoms with Gasteiger partial charge in [0.2, 0.25) is 5.04 Å². The maximum Gasteiger partial charge on any atom is 0.366 e. The van der Waals surface area contributed by atoms with E-state index in [1.54, 1.807) is 6.08 Å². The standard InChI is InChI=1S/C16H25NO5S3/c1-4-5-10-14(2)13-25(19,20)22-17-15(16(18)21-3)24-12-9-7-6-8-11-23/h4-5,10,23H,1-2,6-9,11-13H2,3H3/b10-5-,17-15-. The summed E-state index contributed by atoms with van der Waals surface area (Å²) < 4.78 is 32.9. The van der Waals surface area contributed by atoms with Crippen LogP contribution in [0.5, 0.6) is 0 Å². The molecule has 0 radical (unpaired) electrons. The highest BCUT2D eigenvalue weighted by molar-refractivity contribution is 8.15. The van der Waals surface area contributed by atoms with Crippen LogP contribution in [0.1, 0.15) is 25.7 Å². The number of carbonyl (C=O) groups is 1. The molecule has 0 rings (SSSR count). The summed E-state index contributed by atoms with van der Waals surface area (Å²) in [4.78, 5) is 11.7. The monoisotopic (exact) mass is 407 g/mol. The van der Waals surface area contributed by atoms with Gasteiger partial charge in [-0.15, -0.1) is 0 Å². The minimum absolute atomic E-state index is 0.132. The number of thioether (sulfide) groups is 1. The highest BCUT2D eigenvalue weighted by atomic mass is 32.2. The number of methoxy groups -OCH3 is 1. The van der Waals surface area contributed by atoms with Crippen LogP contribution >= 0.6 is 24.4 Å². The van der Waals surface area contributed by atoms with Gasteiger partial charge in [0.25, 0.3) is 0 Å². The maximum atomic E-state index is 11.8. The molecule has 0 aliphatic heterocycles. The van der Waals surface area contributed by atoms with Crippen molar-refractivity contribution in [2.24, 2.45) is 5.16 Å². The molecule has 9 heteroatoms. The third-order valence-corrected chi connectivity index (χ3v) is 5.06. The summed E-state index contributed by atoms with van der Waals surface area (Å²) in [5, 5.41) is 3.32. The zero-order chi connectivity index (χ0) is 19.1. The van der Waals surface area contributed by atoms with Gasteiger partial charge in [0, 0.05) is 0 Å². The third-order valence-electron chi connectivity index (χ3n) is 2.72. The first-order chi connectivity index (χ1) is 11.9. The first-order valence-corrected chi connectivity index (χ1v) is 10.8. The largest absolute Gasteiger partial charge is 0.464 e. The molecule has 0 aromatic heterocycles. The second-order valence-corrected chi connectivity index (χ2v) is 7.99. The van der Waals surface area contributed by atoms with Crippen molar-refractivity contribution in [1.29, 1.82) is 0 Å². The van der Waals surface area contributed by atoms with Gasteiger partial charge in [-0.2, -0.15) is 21.0 Å². The van der Waals surface area contributed by atoms with Crippen molar-refractivity contribution in [1.82, 2.24) is 0 Å². The topological polar surface area (TPSA) is 82.0 Å². The fourth-order valence-corrected chi connectivity index (χ4v) is 3.44. The molecule has 0 unspecified atom stereocenters. The van der Waals surface area contributed by atoms with E-state index in [4.69, 9.17) is 0 Å². The van der Waals surface area contributed by atoms with Crippen LogP contribution in [0.3, 0.4) is 0 Å². The number of nitrogens with zero attached hydrogens (tertiary/aromatic N) is 1. The van der Waals surface area contributed by atoms with Gasteiger partial charge in [-0.3, -0.25) is 4.28 Å². The Kier molecular flexibility index (Phi) is 13.4. The Balaban J connectivity index is 4.65. The van der Waals surface area contributed by atoms with Crippen LogP contribution < -0.4 is 0 Å². The summed E-state index contributed by atoms with van der Waals surface area (Å²) in [7, 11) is -2.80. The molecule has 0 aliphatic rings. The molecular weight excluding hydrogens is 382 g/mol. The van der Waals surface area contributed by atoms with Gasteiger partial charge < -0.3 is 4.74 Å². The van der Waals surface area contributed by atoms with Crippen LogP contribution in [0.2, 0.25) is 0 Å². The fraction of sp³-hybridized carbons (Fsp3) is 0.500. The molecule has 0 saturated heterocycles. The normalized spacial score (nSPS) is 12.2. The second-order valence-electron chi connectivity index (χ2n) is 4.90. The molecule has 0 aromatic carbocycles. The van der Waals surface area contributed by atoms with E-state index in [0.29, 0.717) is 11.3 Å². The number of allylic oxidation sites excluding steroid dienone is 3. The molecule has 0 fully saturated rings. The SMILES string of the molecule is C=C/C=C\C(=C)CS(=O)(=O)O/N=C(\SCCCCCCS)C(=O)OC. The minimum Gasteiger partial charge on any atom is -0.464 e. The van der Waals surface area contributed by atoms with Crippen molar-refractivity contribution >= 4 is 45.5 Å². The number of unbranched alkanes of at least 4 members (excludes halogenated alkanes) is 3. The lowest BCUT2D eigenvalue weighted by atomic mass is 10.2. The van der Waals surface area contributed by atoms with Gasteiger partial charge in [-0.1, -0.05) is 61.1 Å². The number of carbonyl (C=O) groups excluding carboxylic acids is 1. The third kappa shape index (κ3) is 12.8. The summed E-state index contributed by atoms with van der Waals surface area (Å²) in [6, 6.07) is 0. The Morgan fingerprint density at radius 1 is 1.28 bits per heavy atom. The molecule has 0 atom stereocenters. The van der Waals surface area contributed by atoms with E-state index in [1.807, 2.05) is 0 Å². The molecule has 0 bridgehead atoms. The number of hydrogen-bond acceptors (Lipinski definition) is 8. The van der Waals surface area contributed by atoms with E-state index in [-0.39, 0.29) is 5.04 Å². The molecular formula is C16H25NO5S3. The van der Waals surface area contributed by atoms with Crippen molar-refractivity contribution in [3.63, 3.8) is 0 Å². The molecule has 6 nitrogen and oxygen atoms in total.